The number of benzene rings is 2. The van der Waals surface area contributed by atoms with Gasteiger partial charge in [-0.2, -0.15) is 0 Å². The third-order valence-corrected chi connectivity index (χ3v) is 11.2. The van der Waals surface area contributed by atoms with Crippen LogP contribution in [0.5, 0.6) is 0 Å². The minimum absolute atomic E-state index is 0.469. The van der Waals surface area contributed by atoms with Crippen LogP contribution in [0.4, 0.5) is 22.7 Å². The molecule has 0 spiro atoms. The van der Waals surface area contributed by atoms with E-state index < -0.39 is 18.6 Å². The summed E-state index contributed by atoms with van der Waals surface area (Å²) in [7, 11) is -0.925. The molecule has 11 nitrogen and oxygen atoms in total. The molecule has 0 saturated carbocycles. The van der Waals surface area contributed by atoms with Crippen LogP contribution >= 0.6 is 48.9 Å². The second-order valence-corrected chi connectivity index (χ2v) is 15.0. The standard InChI is InChI=1S/C24H36N8O3S4Si2/c1-33-40-15-27-23(38)31-19-9-5-17(6-10-19)29-21(36)25-13-3-4-14-26-22(37)30-18-7-11-20(12-8-18)32-24(39)28-16-41(34-2)35-40/h5-12,40-41H,3-4,13-16H2,1-2H3,(H2,25,29,36)(H2,26,30,37)(H2,27,31,38)(H2,28,32,39). The van der Waals surface area contributed by atoms with Gasteiger partial charge in [-0.3, -0.25) is 0 Å². The minimum Gasteiger partial charge on any atom is -0.417 e. The highest BCUT2D eigenvalue weighted by Gasteiger charge is 2.21. The Morgan fingerprint density at radius 3 is 1.12 bits per heavy atom. The lowest BCUT2D eigenvalue weighted by Gasteiger charge is -2.22. The lowest BCUT2D eigenvalue weighted by atomic mass is 10.3. The normalized spacial score (nSPS) is 20.2. The summed E-state index contributed by atoms with van der Waals surface area (Å²) in [5.41, 5.74) is 3.44. The van der Waals surface area contributed by atoms with E-state index in [0.717, 1.165) is 48.7 Å². The van der Waals surface area contributed by atoms with Gasteiger partial charge in [0.15, 0.2) is 20.4 Å². The molecule has 0 radical (unpaired) electrons. The molecule has 4 aliphatic heterocycles. The second-order valence-electron chi connectivity index (χ2n) is 8.76. The van der Waals surface area contributed by atoms with Gasteiger partial charge in [0.1, 0.15) is 0 Å². The van der Waals surface area contributed by atoms with E-state index in [4.69, 9.17) is 61.8 Å². The molecule has 222 valence electrons. The van der Waals surface area contributed by atoms with Gasteiger partial charge in [0.25, 0.3) is 0 Å². The van der Waals surface area contributed by atoms with Crippen molar-refractivity contribution in [1.29, 1.82) is 0 Å². The van der Waals surface area contributed by atoms with E-state index in [-0.39, 0.29) is 0 Å². The molecule has 41 heavy (non-hydrogen) atoms. The van der Waals surface area contributed by atoms with Crippen molar-refractivity contribution in [2.75, 3.05) is 60.9 Å². The van der Waals surface area contributed by atoms with Gasteiger partial charge >= 0.3 is 18.6 Å². The van der Waals surface area contributed by atoms with Crippen molar-refractivity contribution < 1.29 is 13.0 Å². The first-order chi connectivity index (χ1) is 19.8. The van der Waals surface area contributed by atoms with Crippen molar-refractivity contribution in [3.63, 3.8) is 0 Å². The molecule has 17 heteroatoms. The summed E-state index contributed by atoms with van der Waals surface area (Å²) >= 11 is 21.8. The molecule has 0 amide bonds. The summed E-state index contributed by atoms with van der Waals surface area (Å²) in [5.74, 6) is 0. The minimum atomic E-state index is -2.09. The zero-order valence-corrected chi connectivity index (χ0v) is 28.4. The Morgan fingerprint density at radius 1 is 0.537 bits per heavy atom. The van der Waals surface area contributed by atoms with Crippen LogP contribution in [0.1, 0.15) is 12.8 Å². The molecule has 0 aliphatic carbocycles. The summed E-state index contributed by atoms with van der Waals surface area (Å²) in [5, 5.41) is 27.7. The van der Waals surface area contributed by atoms with Crippen LogP contribution in [0.2, 0.25) is 0 Å². The van der Waals surface area contributed by atoms with Gasteiger partial charge in [0, 0.05) is 50.1 Å². The van der Waals surface area contributed by atoms with Crippen LogP contribution in [0, 0.1) is 0 Å². The Morgan fingerprint density at radius 2 is 0.829 bits per heavy atom. The molecule has 4 bridgehead atoms. The fourth-order valence-corrected chi connectivity index (χ4v) is 8.75. The van der Waals surface area contributed by atoms with Crippen molar-refractivity contribution in [2.24, 2.45) is 0 Å². The van der Waals surface area contributed by atoms with Crippen LogP contribution < -0.4 is 42.5 Å². The molecular weight excluding hydrogens is 633 g/mol. The van der Waals surface area contributed by atoms with Crippen LogP contribution in [-0.2, 0) is 13.0 Å². The van der Waals surface area contributed by atoms with E-state index in [2.05, 4.69) is 42.5 Å². The van der Waals surface area contributed by atoms with Crippen molar-refractivity contribution in [3.8, 4) is 0 Å². The summed E-state index contributed by atoms with van der Waals surface area (Å²) in [6, 6.07) is 15.4. The largest absolute Gasteiger partial charge is 0.417 e. The first-order valence-electron chi connectivity index (χ1n) is 12.9. The van der Waals surface area contributed by atoms with E-state index >= 15 is 0 Å². The van der Waals surface area contributed by atoms with Crippen molar-refractivity contribution in [2.45, 2.75) is 12.8 Å². The van der Waals surface area contributed by atoms with Crippen molar-refractivity contribution in [1.82, 2.24) is 21.3 Å². The molecule has 4 aliphatic rings. The molecule has 0 aromatic heterocycles. The molecule has 2 unspecified atom stereocenters. The maximum absolute atomic E-state index is 6.18. The predicted octanol–water partition coefficient (Wildman–Crippen LogP) is 2.15. The quantitative estimate of drug-likeness (QED) is 0.176. The Hall–Kier alpha value is -2.49. The molecule has 6 rings (SSSR count). The Bertz CT molecular complexity index is 1080. The van der Waals surface area contributed by atoms with E-state index in [0.29, 0.717) is 32.8 Å². The van der Waals surface area contributed by atoms with Crippen molar-refractivity contribution in [3.05, 3.63) is 48.5 Å². The number of hydrogen-bond acceptors (Lipinski definition) is 7. The molecule has 0 saturated heterocycles. The van der Waals surface area contributed by atoms with Crippen LogP contribution in [0.15, 0.2) is 48.5 Å². The maximum atomic E-state index is 6.18. The number of anilines is 4. The predicted molar refractivity (Wildman–Crippen MR) is 188 cm³/mol. The maximum Gasteiger partial charge on any atom is 0.332 e. The van der Waals surface area contributed by atoms with Gasteiger partial charge in [-0.15, -0.1) is 0 Å². The monoisotopic (exact) mass is 668 g/mol. The van der Waals surface area contributed by atoms with E-state index in [9.17, 15) is 0 Å². The number of thiocarbonyl (C=S) groups is 4. The fourth-order valence-electron chi connectivity index (χ4n) is 3.52. The van der Waals surface area contributed by atoms with E-state index in [1.165, 1.54) is 0 Å². The third kappa shape index (κ3) is 12.9. The van der Waals surface area contributed by atoms with E-state index in [1.54, 1.807) is 14.2 Å². The highest BCUT2D eigenvalue weighted by atomic mass is 32.1. The zero-order valence-electron chi connectivity index (χ0n) is 22.9. The number of rotatable bonds is 2. The number of hydrogen-bond donors (Lipinski definition) is 8. The second kappa shape index (κ2) is 18.1. The Balaban J connectivity index is 1.61. The van der Waals surface area contributed by atoms with Crippen LogP contribution in [0.25, 0.3) is 0 Å². The SMILES string of the molecule is CO[SiH]1CNC(=S)Nc2ccc(cc2)NC(=S)NCCCCNC(=S)Nc2ccc(cc2)NC(=S)NC[SiH](OC)O1. The Labute approximate surface area is 265 Å². The van der Waals surface area contributed by atoms with Gasteiger partial charge in [0.05, 0.1) is 12.3 Å². The average molecular weight is 669 g/mol. The molecule has 4 heterocycles. The molecule has 8 N–H and O–H groups in total. The summed E-state index contributed by atoms with van der Waals surface area (Å²) in [6.45, 7) is 1.50. The third-order valence-electron chi connectivity index (χ3n) is 5.66. The summed E-state index contributed by atoms with van der Waals surface area (Å²) < 4.78 is 17.4. The summed E-state index contributed by atoms with van der Waals surface area (Å²) in [4.78, 5) is 0. The highest BCUT2D eigenvalue weighted by molar-refractivity contribution is 7.81. The Kier molecular flexibility index (Phi) is 14.6. The smallest absolute Gasteiger partial charge is 0.332 e. The van der Waals surface area contributed by atoms with Crippen LogP contribution in [-0.4, -0.2) is 78.7 Å². The van der Waals surface area contributed by atoms with Gasteiger partial charge in [-0.05, 0) is 110 Å². The van der Waals surface area contributed by atoms with Gasteiger partial charge in [-0.1, -0.05) is 0 Å². The average Bonchev–Trinajstić information content (AvgIpc) is 2.96. The van der Waals surface area contributed by atoms with Crippen LogP contribution in [0.3, 0.4) is 0 Å². The van der Waals surface area contributed by atoms with Gasteiger partial charge in [0.2, 0.25) is 0 Å². The molecule has 2 aromatic carbocycles. The van der Waals surface area contributed by atoms with Crippen molar-refractivity contribution >= 4 is 111 Å². The molecule has 2 aromatic rings. The lowest BCUT2D eigenvalue weighted by molar-refractivity contribution is 0.278. The number of nitrogens with one attached hydrogen (secondary N) is 8. The summed E-state index contributed by atoms with van der Waals surface area (Å²) in [6.07, 6.45) is 2.81. The first kappa shape index (κ1) is 33.0. The fraction of sp³-hybridized carbons (Fsp3) is 0.333. The van der Waals surface area contributed by atoms with Gasteiger partial charge < -0.3 is 55.5 Å². The lowest BCUT2D eigenvalue weighted by Crippen LogP contribution is -2.48. The van der Waals surface area contributed by atoms with Gasteiger partial charge in [-0.25, -0.2) is 0 Å². The molecular formula is C24H36N8O3S4Si2. The van der Waals surface area contributed by atoms with E-state index in [1.807, 2.05) is 48.5 Å². The molecule has 0 fully saturated rings. The zero-order chi connectivity index (χ0) is 29.5. The topological polar surface area (TPSA) is 124 Å². The molecule has 2 atom stereocenters. The highest BCUT2D eigenvalue weighted by Crippen LogP contribution is 2.14. The first-order valence-corrected chi connectivity index (χ1v) is 18.1.